The maximum atomic E-state index is 10.5. The molecule has 2 aliphatic heterocycles. The minimum atomic E-state index is -0.990. The van der Waals surface area contributed by atoms with Crippen LogP contribution >= 0.6 is 11.6 Å². The highest BCUT2D eigenvalue weighted by atomic mass is 35.5. The van der Waals surface area contributed by atoms with Crippen molar-refractivity contribution in [3.8, 4) is 5.75 Å². The first-order chi connectivity index (χ1) is 9.63. The number of aliphatic carboxylic acids is 1. The maximum Gasteiger partial charge on any atom is 0.329 e. The molecule has 0 bridgehead atoms. The molecule has 3 aliphatic rings. The molecule has 1 aliphatic carbocycles. The van der Waals surface area contributed by atoms with Crippen molar-refractivity contribution in [2.45, 2.75) is 37.3 Å². The lowest BCUT2D eigenvalue weighted by atomic mass is 9.95. The number of hydrogen-bond donors (Lipinski definition) is 1. The van der Waals surface area contributed by atoms with E-state index < -0.39 is 5.97 Å². The summed E-state index contributed by atoms with van der Waals surface area (Å²) in [5.41, 5.74) is 1.88. The first-order valence-electron chi connectivity index (χ1n) is 6.57. The zero-order valence-corrected chi connectivity index (χ0v) is 11.3. The highest BCUT2D eigenvalue weighted by molar-refractivity contribution is 6.30. The van der Waals surface area contributed by atoms with E-state index in [4.69, 9.17) is 30.9 Å². The number of epoxide rings is 1. The quantitative estimate of drug-likeness (QED) is 0.860. The minimum absolute atomic E-state index is 0.158. The van der Waals surface area contributed by atoms with Crippen molar-refractivity contribution in [2.24, 2.45) is 0 Å². The second kappa shape index (κ2) is 4.35. The molecule has 2 unspecified atom stereocenters. The number of benzene rings is 1. The van der Waals surface area contributed by atoms with Crippen LogP contribution in [-0.4, -0.2) is 36.0 Å². The predicted molar refractivity (Wildman–Crippen MR) is 69.2 cm³/mol. The molecule has 0 amide bonds. The topological polar surface area (TPSA) is 68.3 Å². The van der Waals surface area contributed by atoms with Gasteiger partial charge in [-0.3, -0.25) is 0 Å². The molecule has 0 radical (unpaired) electrons. The second-order valence-electron chi connectivity index (χ2n) is 5.43. The number of halogens is 1. The molecule has 4 rings (SSSR count). The molecular weight excluding hydrogens is 284 g/mol. The van der Waals surface area contributed by atoms with Crippen molar-refractivity contribution < 1.29 is 24.1 Å². The van der Waals surface area contributed by atoms with Gasteiger partial charge in [0.15, 0.2) is 0 Å². The Hall–Kier alpha value is -1.30. The summed E-state index contributed by atoms with van der Waals surface area (Å²) in [7, 11) is 0. The third kappa shape index (κ3) is 1.89. The summed E-state index contributed by atoms with van der Waals surface area (Å²) in [6.45, 7) is -0.147. The van der Waals surface area contributed by atoms with Gasteiger partial charge in [0.2, 0.25) is 0 Å². The summed E-state index contributed by atoms with van der Waals surface area (Å²) >= 11 is 6.15. The normalized spacial score (nSPS) is 32.2. The van der Waals surface area contributed by atoms with E-state index in [1.807, 2.05) is 6.07 Å². The summed E-state index contributed by atoms with van der Waals surface area (Å²) in [5.74, 6) is 0.0614. The van der Waals surface area contributed by atoms with E-state index in [2.05, 4.69) is 0 Å². The van der Waals surface area contributed by atoms with E-state index in [-0.39, 0.29) is 31.3 Å². The van der Waals surface area contributed by atoms with Crippen LogP contribution in [0.5, 0.6) is 5.75 Å². The number of rotatable bonds is 4. The number of ether oxygens (including phenoxy) is 3. The Morgan fingerprint density at radius 3 is 3.10 bits per heavy atom. The second-order valence-corrected chi connectivity index (χ2v) is 5.86. The predicted octanol–water partition coefficient (Wildman–Crippen LogP) is 1.96. The number of carboxylic acids is 1. The van der Waals surface area contributed by atoms with Crippen molar-refractivity contribution in [1.82, 2.24) is 0 Å². The molecular formula is C14H13ClO5. The van der Waals surface area contributed by atoms with E-state index in [1.165, 1.54) is 0 Å². The van der Waals surface area contributed by atoms with Gasteiger partial charge in [-0.05, 0) is 12.1 Å². The van der Waals surface area contributed by atoms with Gasteiger partial charge in [0.05, 0.1) is 24.7 Å². The first kappa shape index (κ1) is 12.4. The Kier molecular flexibility index (Phi) is 2.70. The van der Waals surface area contributed by atoms with Gasteiger partial charge in [-0.15, -0.1) is 0 Å². The van der Waals surface area contributed by atoms with Gasteiger partial charge in [-0.1, -0.05) is 11.6 Å². The summed E-state index contributed by atoms with van der Waals surface area (Å²) in [6, 6.07) is 3.70. The zero-order chi connectivity index (χ0) is 13.9. The van der Waals surface area contributed by atoms with Gasteiger partial charge in [-0.25, -0.2) is 4.79 Å². The number of hydrogen-bond acceptors (Lipinski definition) is 4. The molecule has 1 aromatic carbocycles. The molecule has 1 saturated heterocycles. The Morgan fingerprint density at radius 2 is 2.30 bits per heavy atom. The average molecular weight is 297 g/mol. The maximum absolute atomic E-state index is 10.5. The molecule has 2 heterocycles. The molecule has 106 valence electrons. The summed E-state index contributed by atoms with van der Waals surface area (Å²) in [4.78, 5) is 10.5. The van der Waals surface area contributed by atoms with E-state index in [1.54, 1.807) is 6.07 Å². The lowest BCUT2D eigenvalue weighted by Gasteiger charge is -2.11. The molecule has 1 saturated carbocycles. The van der Waals surface area contributed by atoms with Crippen LogP contribution in [0.4, 0.5) is 0 Å². The lowest BCUT2D eigenvalue weighted by molar-refractivity contribution is -0.142. The van der Waals surface area contributed by atoms with Crippen molar-refractivity contribution in [3.05, 3.63) is 28.3 Å². The van der Waals surface area contributed by atoms with Gasteiger partial charge in [0.1, 0.15) is 18.5 Å². The average Bonchev–Trinajstić information content (AvgIpc) is 2.89. The monoisotopic (exact) mass is 296 g/mol. The SMILES string of the molecule is O=C(O)COCc1cc(Cl)cc2c1OC1C[C@H]3O[C@H]3C21. The molecule has 1 N–H and O–H groups in total. The summed E-state index contributed by atoms with van der Waals surface area (Å²) in [6.07, 6.45) is 1.67. The number of carbonyl (C=O) groups is 1. The van der Waals surface area contributed by atoms with Crippen LogP contribution in [0.15, 0.2) is 12.1 Å². The van der Waals surface area contributed by atoms with Gasteiger partial charge >= 0.3 is 5.97 Å². The van der Waals surface area contributed by atoms with E-state index in [9.17, 15) is 4.79 Å². The first-order valence-corrected chi connectivity index (χ1v) is 6.95. The van der Waals surface area contributed by atoms with Crippen LogP contribution in [0.2, 0.25) is 5.02 Å². The van der Waals surface area contributed by atoms with Crippen molar-refractivity contribution in [1.29, 1.82) is 0 Å². The van der Waals surface area contributed by atoms with Crippen molar-refractivity contribution >= 4 is 17.6 Å². The fourth-order valence-electron chi connectivity index (χ4n) is 3.32. The van der Waals surface area contributed by atoms with Crippen LogP contribution in [0.1, 0.15) is 23.5 Å². The number of carboxylic acid groups (broad SMARTS) is 1. The lowest BCUT2D eigenvalue weighted by Crippen LogP contribution is -2.17. The number of fused-ring (bicyclic) bond motifs is 5. The summed E-state index contributed by atoms with van der Waals surface area (Å²) < 4.78 is 16.7. The third-order valence-electron chi connectivity index (χ3n) is 4.11. The molecule has 0 aromatic heterocycles. The molecule has 2 fully saturated rings. The van der Waals surface area contributed by atoms with Crippen LogP contribution < -0.4 is 4.74 Å². The Morgan fingerprint density at radius 1 is 1.45 bits per heavy atom. The van der Waals surface area contributed by atoms with Crippen LogP contribution in [0, 0.1) is 0 Å². The van der Waals surface area contributed by atoms with Gasteiger partial charge in [0.25, 0.3) is 0 Å². The van der Waals surface area contributed by atoms with Gasteiger partial charge in [0, 0.05) is 22.6 Å². The van der Waals surface area contributed by atoms with Crippen LogP contribution in [-0.2, 0) is 20.9 Å². The Bertz CT molecular complexity index is 587. The molecule has 0 spiro atoms. The van der Waals surface area contributed by atoms with E-state index in [0.29, 0.717) is 11.1 Å². The fraction of sp³-hybridized carbons (Fsp3) is 0.500. The van der Waals surface area contributed by atoms with E-state index >= 15 is 0 Å². The highest BCUT2D eigenvalue weighted by Crippen LogP contribution is 2.56. The van der Waals surface area contributed by atoms with Crippen LogP contribution in [0.3, 0.4) is 0 Å². The van der Waals surface area contributed by atoms with E-state index in [0.717, 1.165) is 23.3 Å². The fourth-order valence-corrected chi connectivity index (χ4v) is 3.57. The largest absolute Gasteiger partial charge is 0.489 e. The Balaban J connectivity index is 1.61. The van der Waals surface area contributed by atoms with Crippen molar-refractivity contribution in [3.63, 3.8) is 0 Å². The minimum Gasteiger partial charge on any atom is -0.489 e. The molecule has 1 aromatic rings. The van der Waals surface area contributed by atoms with Gasteiger partial charge < -0.3 is 19.3 Å². The molecule has 5 nitrogen and oxygen atoms in total. The van der Waals surface area contributed by atoms with Crippen LogP contribution in [0.25, 0.3) is 0 Å². The smallest absolute Gasteiger partial charge is 0.329 e. The molecule has 4 atom stereocenters. The third-order valence-corrected chi connectivity index (χ3v) is 4.33. The summed E-state index contributed by atoms with van der Waals surface area (Å²) in [5, 5.41) is 9.23. The molecule has 6 heteroatoms. The Labute approximate surface area is 120 Å². The molecule has 20 heavy (non-hydrogen) atoms. The standard InChI is InChI=1S/C14H13ClO5/c15-7-1-6(4-18-5-11(16)17)13-8(2-7)12-9(19-13)3-10-14(12)20-10/h1-2,9-10,12,14H,3-5H2,(H,16,17)/t9?,10-,12?,14-/m1/s1. The van der Waals surface area contributed by atoms with Crippen molar-refractivity contribution in [2.75, 3.05) is 6.61 Å². The highest BCUT2D eigenvalue weighted by Gasteiger charge is 2.60. The van der Waals surface area contributed by atoms with Gasteiger partial charge in [-0.2, -0.15) is 0 Å². The zero-order valence-electron chi connectivity index (χ0n) is 10.5.